The molecule has 1 aliphatic carbocycles. The number of nitrogens with zero attached hydrogens (tertiary/aromatic N) is 2. The molecule has 2 aliphatic heterocycles. The highest BCUT2D eigenvalue weighted by Gasteiger charge is 2.35. The minimum Gasteiger partial charge on any atom is -0.497 e. The number of benzene rings is 1. The second-order valence-electron chi connectivity index (χ2n) is 9.41. The van der Waals surface area contributed by atoms with E-state index in [1.807, 2.05) is 23.1 Å². The van der Waals surface area contributed by atoms with Gasteiger partial charge in [0, 0.05) is 31.4 Å². The van der Waals surface area contributed by atoms with Crippen LogP contribution in [-0.4, -0.2) is 67.9 Å². The molecule has 0 aromatic heterocycles. The minimum absolute atomic E-state index is 0.270. The Morgan fingerprint density at radius 2 is 1.90 bits per heavy atom. The normalized spacial score (nSPS) is 21.5. The van der Waals surface area contributed by atoms with E-state index < -0.39 is 5.92 Å². The largest absolute Gasteiger partial charge is 0.497 e. The lowest BCUT2D eigenvalue weighted by Crippen LogP contribution is -2.43. The molecule has 1 saturated heterocycles. The van der Waals surface area contributed by atoms with Crippen LogP contribution in [0, 0.1) is 5.92 Å². The van der Waals surface area contributed by atoms with Gasteiger partial charge >= 0.3 is 0 Å². The lowest BCUT2D eigenvalue weighted by Gasteiger charge is -2.30. The fraction of sp³-hybridized carbons (Fsp3) is 0.680. The van der Waals surface area contributed by atoms with Gasteiger partial charge in [-0.1, -0.05) is 25.3 Å². The molecule has 170 valence electrons. The predicted octanol–water partition coefficient (Wildman–Crippen LogP) is 3.67. The van der Waals surface area contributed by atoms with Crippen molar-refractivity contribution < 1.29 is 14.3 Å². The molecule has 3 aliphatic rings. The maximum Gasteiger partial charge on any atom is 0.290 e. The average molecular weight is 428 g/mol. The molecule has 0 spiro atoms. The molecule has 1 N–H and O–H groups in total. The molecule has 1 saturated carbocycles. The smallest absolute Gasteiger partial charge is 0.290 e. The van der Waals surface area contributed by atoms with E-state index in [9.17, 15) is 9.59 Å². The van der Waals surface area contributed by atoms with E-state index in [0.29, 0.717) is 19.0 Å². The topological polar surface area (TPSA) is 61.9 Å². The lowest BCUT2D eigenvalue weighted by atomic mass is 9.88. The van der Waals surface area contributed by atoms with Gasteiger partial charge in [0.25, 0.3) is 5.91 Å². The number of hydrogen-bond donors (Lipinski definition) is 1. The fourth-order valence-corrected chi connectivity index (χ4v) is 5.43. The Morgan fingerprint density at radius 3 is 2.65 bits per heavy atom. The summed E-state index contributed by atoms with van der Waals surface area (Å²) < 4.78 is 5.29. The number of carbonyl (C=O) groups excluding carboxylic acids is 2. The van der Waals surface area contributed by atoms with Gasteiger partial charge < -0.3 is 19.9 Å². The number of amides is 1. The van der Waals surface area contributed by atoms with Gasteiger partial charge in [0.15, 0.2) is 0 Å². The van der Waals surface area contributed by atoms with Crippen molar-refractivity contribution in [2.24, 2.45) is 5.92 Å². The van der Waals surface area contributed by atoms with Crippen LogP contribution in [0.4, 0.5) is 5.69 Å². The molecule has 31 heavy (non-hydrogen) atoms. The summed E-state index contributed by atoms with van der Waals surface area (Å²) in [6.07, 6.45) is 9.65. The van der Waals surface area contributed by atoms with E-state index >= 15 is 0 Å². The van der Waals surface area contributed by atoms with E-state index in [2.05, 4.69) is 10.2 Å². The second kappa shape index (κ2) is 10.5. The summed E-state index contributed by atoms with van der Waals surface area (Å²) in [5, 5.41) is 3.28. The molecule has 6 heteroatoms. The molecular weight excluding hydrogens is 390 g/mol. The number of Topliss-reactive ketones (excluding diaryl/α,β-unsaturated/α-hetero) is 1. The zero-order chi connectivity index (χ0) is 21.6. The van der Waals surface area contributed by atoms with Crippen LogP contribution in [-0.2, 0) is 9.59 Å². The zero-order valence-electron chi connectivity index (χ0n) is 18.9. The molecular formula is C25H37N3O3. The Morgan fingerprint density at radius 1 is 1.13 bits per heavy atom. The number of rotatable bonds is 9. The maximum absolute atomic E-state index is 13.4. The molecule has 1 aromatic rings. The van der Waals surface area contributed by atoms with Crippen LogP contribution < -0.4 is 10.1 Å². The molecule has 6 nitrogen and oxygen atoms in total. The van der Waals surface area contributed by atoms with E-state index in [-0.39, 0.29) is 11.7 Å². The lowest BCUT2D eigenvalue weighted by molar-refractivity contribution is -0.145. The summed E-state index contributed by atoms with van der Waals surface area (Å²) in [4.78, 5) is 31.0. The van der Waals surface area contributed by atoms with Gasteiger partial charge in [0.05, 0.1) is 13.0 Å². The number of anilines is 1. The van der Waals surface area contributed by atoms with Gasteiger partial charge in [0.1, 0.15) is 5.75 Å². The Kier molecular flexibility index (Phi) is 7.49. The molecule has 0 radical (unpaired) electrons. The Hall–Kier alpha value is -2.08. The van der Waals surface area contributed by atoms with E-state index in [1.54, 1.807) is 7.11 Å². The predicted molar refractivity (Wildman–Crippen MR) is 123 cm³/mol. The van der Waals surface area contributed by atoms with Crippen LogP contribution in [0.25, 0.3) is 0 Å². The molecule has 4 rings (SSSR count). The molecule has 0 bridgehead atoms. The second-order valence-corrected chi connectivity index (χ2v) is 9.41. The van der Waals surface area contributed by atoms with Crippen LogP contribution in [0.5, 0.6) is 5.75 Å². The van der Waals surface area contributed by atoms with Crippen molar-refractivity contribution in [1.29, 1.82) is 0 Å². The van der Waals surface area contributed by atoms with Crippen molar-refractivity contribution in [3.8, 4) is 5.75 Å². The standard InChI is InChI=1S/C25H37N3O3/c1-31-20-10-11-21-22(17-26-23(21)16-20)24(29)25(30)28(18-19-8-3-2-4-9-19)15-7-14-27-12-5-6-13-27/h10-11,16,19,22,26H,2-9,12-15,17-18H2,1H3. The number of ketones is 1. The van der Waals surface area contributed by atoms with Crippen LogP contribution >= 0.6 is 0 Å². The first-order chi connectivity index (χ1) is 15.2. The molecule has 1 amide bonds. The third-order valence-electron chi connectivity index (χ3n) is 7.25. The molecule has 1 aromatic carbocycles. The number of methoxy groups -OCH3 is 1. The average Bonchev–Trinajstić information content (AvgIpc) is 3.47. The summed E-state index contributed by atoms with van der Waals surface area (Å²) in [6.45, 7) is 5.27. The van der Waals surface area contributed by atoms with Crippen molar-refractivity contribution in [1.82, 2.24) is 9.80 Å². The van der Waals surface area contributed by atoms with Crippen LogP contribution in [0.3, 0.4) is 0 Å². The molecule has 1 unspecified atom stereocenters. The first kappa shape index (κ1) is 22.1. The number of likely N-dealkylation sites (tertiary alicyclic amines) is 1. The monoisotopic (exact) mass is 427 g/mol. The minimum atomic E-state index is -0.402. The number of nitrogens with one attached hydrogen (secondary N) is 1. The van der Waals surface area contributed by atoms with Crippen LogP contribution in [0.1, 0.15) is 62.8 Å². The Labute approximate surface area is 186 Å². The van der Waals surface area contributed by atoms with Crippen molar-refractivity contribution in [2.75, 3.05) is 51.7 Å². The number of hydrogen-bond acceptors (Lipinski definition) is 5. The first-order valence-electron chi connectivity index (χ1n) is 12.1. The Balaban J connectivity index is 1.42. The highest BCUT2D eigenvalue weighted by Crippen LogP contribution is 2.35. The summed E-state index contributed by atoms with van der Waals surface area (Å²) in [5.74, 6) is 0.332. The first-order valence-corrected chi connectivity index (χ1v) is 12.1. The van der Waals surface area contributed by atoms with Gasteiger partial charge in [0.2, 0.25) is 5.78 Å². The van der Waals surface area contributed by atoms with E-state index in [0.717, 1.165) is 36.5 Å². The maximum atomic E-state index is 13.4. The van der Waals surface area contributed by atoms with Crippen molar-refractivity contribution >= 4 is 17.4 Å². The van der Waals surface area contributed by atoms with Gasteiger partial charge in [-0.3, -0.25) is 9.59 Å². The summed E-state index contributed by atoms with van der Waals surface area (Å²) >= 11 is 0. The van der Waals surface area contributed by atoms with E-state index in [4.69, 9.17) is 4.74 Å². The third-order valence-corrected chi connectivity index (χ3v) is 7.25. The summed E-state index contributed by atoms with van der Waals surface area (Å²) in [5.41, 5.74) is 1.81. The van der Waals surface area contributed by atoms with Gasteiger partial charge in [-0.25, -0.2) is 0 Å². The van der Waals surface area contributed by atoms with Crippen molar-refractivity contribution in [3.05, 3.63) is 23.8 Å². The van der Waals surface area contributed by atoms with Crippen LogP contribution in [0.15, 0.2) is 18.2 Å². The fourth-order valence-electron chi connectivity index (χ4n) is 5.43. The Bertz CT molecular complexity index is 769. The highest BCUT2D eigenvalue weighted by molar-refractivity contribution is 6.38. The van der Waals surface area contributed by atoms with Gasteiger partial charge in [-0.15, -0.1) is 0 Å². The number of fused-ring (bicyclic) bond motifs is 1. The third kappa shape index (κ3) is 5.40. The van der Waals surface area contributed by atoms with Crippen molar-refractivity contribution in [3.63, 3.8) is 0 Å². The SMILES string of the molecule is COc1ccc2c(c1)NCC2C(=O)C(=O)N(CCCN1CCCC1)CC1CCCCC1. The van der Waals surface area contributed by atoms with E-state index in [1.165, 1.54) is 58.0 Å². The number of carbonyl (C=O) groups is 2. The zero-order valence-corrected chi connectivity index (χ0v) is 18.9. The quantitative estimate of drug-likeness (QED) is 0.610. The van der Waals surface area contributed by atoms with Gasteiger partial charge in [-0.2, -0.15) is 0 Å². The summed E-state index contributed by atoms with van der Waals surface area (Å²) in [7, 11) is 1.63. The van der Waals surface area contributed by atoms with Crippen molar-refractivity contribution in [2.45, 2.75) is 57.3 Å². The number of ether oxygens (including phenoxy) is 1. The molecule has 1 atom stereocenters. The molecule has 2 fully saturated rings. The van der Waals surface area contributed by atoms with Crippen LogP contribution in [0.2, 0.25) is 0 Å². The molecule has 2 heterocycles. The van der Waals surface area contributed by atoms with Gasteiger partial charge in [-0.05, 0) is 69.3 Å². The summed E-state index contributed by atoms with van der Waals surface area (Å²) in [6, 6.07) is 5.69. The highest BCUT2D eigenvalue weighted by atomic mass is 16.5.